The number of rotatable bonds is 5. The largest absolute Gasteiger partial charge is 0.324 e. The van der Waals surface area contributed by atoms with E-state index in [4.69, 9.17) is 4.98 Å². The molecule has 0 radical (unpaired) electrons. The Balaban J connectivity index is 1.62. The molecule has 2 N–H and O–H groups in total. The van der Waals surface area contributed by atoms with Gasteiger partial charge in [0.25, 0.3) is 5.56 Å². The number of nitrogens with one attached hydrogen (secondary N) is 2. The highest BCUT2D eigenvalue weighted by Gasteiger charge is 2.20. The molecule has 0 fully saturated rings. The number of hydrogen-bond acceptors (Lipinski definition) is 7. The van der Waals surface area contributed by atoms with Gasteiger partial charge < -0.3 is 15.5 Å². The van der Waals surface area contributed by atoms with Crippen LogP contribution in [0.15, 0.2) is 47.5 Å². The zero-order valence-electron chi connectivity index (χ0n) is 20.2. The summed E-state index contributed by atoms with van der Waals surface area (Å²) in [4.78, 5) is 40.1. The summed E-state index contributed by atoms with van der Waals surface area (Å²) in [6.45, 7) is 7.18. The molecule has 0 bridgehead atoms. The molecule has 35 heavy (non-hydrogen) atoms. The third-order valence-corrected chi connectivity index (χ3v) is 6.25. The lowest BCUT2D eigenvalue weighted by atomic mass is 10.0. The predicted molar refractivity (Wildman–Crippen MR) is 136 cm³/mol. The molecule has 10 nitrogen and oxygen atoms in total. The Bertz CT molecular complexity index is 1490. The maximum Gasteiger partial charge on any atom is 0.278 e. The van der Waals surface area contributed by atoms with Gasteiger partial charge in [0.2, 0.25) is 11.9 Å². The normalized spacial score (nSPS) is 13.2. The van der Waals surface area contributed by atoms with E-state index in [2.05, 4.69) is 32.7 Å². The van der Waals surface area contributed by atoms with Gasteiger partial charge in [-0.3, -0.25) is 9.59 Å². The van der Waals surface area contributed by atoms with Crippen LogP contribution >= 0.6 is 0 Å². The van der Waals surface area contributed by atoms with Crippen LogP contribution in [0.5, 0.6) is 0 Å². The van der Waals surface area contributed by atoms with E-state index >= 15 is 0 Å². The summed E-state index contributed by atoms with van der Waals surface area (Å²) in [5, 5.41) is 7.09. The zero-order chi connectivity index (χ0) is 24.7. The van der Waals surface area contributed by atoms with Gasteiger partial charge in [-0.15, -0.1) is 0 Å². The van der Waals surface area contributed by atoms with Gasteiger partial charge in [0, 0.05) is 50.7 Å². The van der Waals surface area contributed by atoms with E-state index in [-0.39, 0.29) is 17.5 Å². The van der Waals surface area contributed by atoms with E-state index < -0.39 is 0 Å². The minimum atomic E-state index is -0.181. The van der Waals surface area contributed by atoms with Gasteiger partial charge >= 0.3 is 0 Å². The first-order chi connectivity index (χ1) is 16.8. The van der Waals surface area contributed by atoms with Gasteiger partial charge in [-0.25, -0.2) is 19.3 Å². The minimum Gasteiger partial charge on any atom is -0.324 e. The number of nitrogens with zero attached hydrogens (tertiary/aromatic N) is 6. The monoisotopic (exact) mass is 472 g/mol. The molecule has 180 valence electrons. The molecule has 1 amide bonds. The summed E-state index contributed by atoms with van der Waals surface area (Å²) >= 11 is 0. The van der Waals surface area contributed by atoms with Crippen LogP contribution in [0.3, 0.4) is 0 Å². The fourth-order valence-corrected chi connectivity index (χ4v) is 4.35. The summed E-state index contributed by atoms with van der Waals surface area (Å²) in [6.07, 6.45) is 4.19. The lowest BCUT2D eigenvalue weighted by Crippen LogP contribution is -2.26. The first kappa shape index (κ1) is 22.7. The third kappa shape index (κ3) is 4.17. The standard InChI is InChI=1S/C25H28N8O2/c1-15(2)32-24(35)21-14-28-25(29-19-6-5-17-7-9-26-13-18(17)11-19)30-23(21)33(32)20-8-10-27-22(12-20)31(4)16(3)34/h5-6,8,10-12,14-15,26H,7,9,13H2,1-4H3,(H,28,29,30). The molecule has 4 heterocycles. The number of carbonyl (C=O) groups excluding carboxylic acids is 1. The highest BCUT2D eigenvalue weighted by Crippen LogP contribution is 2.24. The van der Waals surface area contributed by atoms with Crippen LogP contribution in [0.1, 0.15) is 37.9 Å². The van der Waals surface area contributed by atoms with Crippen molar-refractivity contribution in [1.82, 2.24) is 29.6 Å². The molecule has 0 aliphatic carbocycles. The predicted octanol–water partition coefficient (Wildman–Crippen LogP) is 2.93. The van der Waals surface area contributed by atoms with E-state index in [0.717, 1.165) is 25.2 Å². The Morgan fingerprint density at radius 1 is 1.17 bits per heavy atom. The van der Waals surface area contributed by atoms with Crippen LogP contribution in [-0.2, 0) is 17.8 Å². The molecular formula is C25H28N8O2. The highest BCUT2D eigenvalue weighted by molar-refractivity contribution is 5.90. The van der Waals surface area contributed by atoms with E-state index in [1.807, 2.05) is 19.9 Å². The molecule has 1 aromatic carbocycles. The van der Waals surface area contributed by atoms with Crippen molar-refractivity contribution in [2.75, 3.05) is 23.8 Å². The van der Waals surface area contributed by atoms with Crippen LogP contribution in [0.25, 0.3) is 16.7 Å². The average molecular weight is 473 g/mol. The second kappa shape index (κ2) is 8.95. The number of aromatic nitrogens is 5. The molecule has 0 saturated carbocycles. The lowest BCUT2D eigenvalue weighted by molar-refractivity contribution is -0.116. The summed E-state index contributed by atoms with van der Waals surface area (Å²) in [5.41, 5.74) is 4.46. The number of pyridine rings is 1. The van der Waals surface area contributed by atoms with Gasteiger partial charge in [0.05, 0.1) is 5.69 Å². The minimum absolute atomic E-state index is 0.136. The number of fused-ring (bicyclic) bond motifs is 2. The molecule has 0 unspecified atom stereocenters. The third-order valence-electron chi connectivity index (χ3n) is 6.25. The number of amides is 1. The Labute approximate surface area is 202 Å². The second-order valence-corrected chi connectivity index (χ2v) is 8.97. The first-order valence-corrected chi connectivity index (χ1v) is 11.6. The SMILES string of the molecule is CC(=O)N(C)c1cc(-n2c3nc(Nc4ccc5c(c4)CNCC5)ncc3c(=O)n2C(C)C)ccn1. The molecule has 1 aliphatic rings. The summed E-state index contributed by atoms with van der Waals surface area (Å²) in [5.74, 6) is 0.739. The Morgan fingerprint density at radius 3 is 2.77 bits per heavy atom. The van der Waals surface area contributed by atoms with E-state index in [9.17, 15) is 9.59 Å². The van der Waals surface area contributed by atoms with Crippen molar-refractivity contribution in [3.8, 4) is 5.69 Å². The summed E-state index contributed by atoms with van der Waals surface area (Å²) < 4.78 is 3.41. The van der Waals surface area contributed by atoms with Gasteiger partial charge in [0.15, 0.2) is 5.65 Å². The lowest BCUT2D eigenvalue weighted by Gasteiger charge is -2.18. The smallest absolute Gasteiger partial charge is 0.278 e. The molecule has 0 saturated heterocycles. The maximum absolute atomic E-state index is 13.3. The molecule has 10 heteroatoms. The van der Waals surface area contributed by atoms with Crippen molar-refractivity contribution in [1.29, 1.82) is 0 Å². The van der Waals surface area contributed by atoms with Crippen LogP contribution in [0.4, 0.5) is 17.5 Å². The Kier molecular flexibility index (Phi) is 5.81. The van der Waals surface area contributed by atoms with Crippen LogP contribution < -0.4 is 21.1 Å². The van der Waals surface area contributed by atoms with E-state index in [1.54, 1.807) is 40.9 Å². The van der Waals surface area contributed by atoms with Crippen LogP contribution in [0, 0.1) is 0 Å². The van der Waals surface area contributed by atoms with E-state index in [0.29, 0.717) is 28.5 Å². The van der Waals surface area contributed by atoms with Gasteiger partial charge in [-0.05, 0) is 56.1 Å². The quantitative estimate of drug-likeness (QED) is 0.460. The van der Waals surface area contributed by atoms with Crippen molar-refractivity contribution in [3.05, 3.63) is 64.2 Å². The maximum atomic E-state index is 13.3. The van der Waals surface area contributed by atoms with Crippen molar-refractivity contribution in [2.24, 2.45) is 0 Å². The fraction of sp³-hybridized carbons (Fsp3) is 0.320. The van der Waals surface area contributed by atoms with Crippen LogP contribution in [-0.4, -0.2) is 43.8 Å². The van der Waals surface area contributed by atoms with Crippen LogP contribution in [0.2, 0.25) is 0 Å². The van der Waals surface area contributed by atoms with Crippen molar-refractivity contribution in [2.45, 2.75) is 39.8 Å². The van der Waals surface area contributed by atoms with Gasteiger partial charge in [-0.1, -0.05) is 6.07 Å². The van der Waals surface area contributed by atoms with Crippen molar-refractivity contribution in [3.63, 3.8) is 0 Å². The molecule has 4 aromatic rings. The summed E-state index contributed by atoms with van der Waals surface area (Å²) in [7, 11) is 1.66. The molecular weight excluding hydrogens is 444 g/mol. The van der Waals surface area contributed by atoms with Crippen molar-refractivity contribution < 1.29 is 4.79 Å². The molecule has 1 aliphatic heterocycles. The zero-order valence-corrected chi connectivity index (χ0v) is 20.2. The number of carbonyl (C=O) groups is 1. The topological polar surface area (TPSA) is 110 Å². The highest BCUT2D eigenvalue weighted by atomic mass is 16.2. The number of anilines is 3. The summed E-state index contributed by atoms with van der Waals surface area (Å²) in [6, 6.07) is 9.69. The Morgan fingerprint density at radius 2 is 2.00 bits per heavy atom. The second-order valence-electron chi connectivity index (χ2n) is 8.97. The molecule has 5 rings (SSSR count). The van der Waals surface area contributed by atoms with Gasteiger partial charge in [0.1, 0.15) is 11.2 Å². The van der Waals surface area contributed by atoms with E-state index in [1.165, 1.54) is 23.0 Å². The Hall–Kier alpha value is -4.05. The average Bonchev–Trinajstić information content (AvgIpc) is 3.15. The first-order valence-electron chi connectivity index (χ1n) is 11.6. The van der Waals surface area contributed by atoms with Crippen molar-refractivity contribution >= 4 is 34.4 Å². The molecule has 0 spiro atoms. The fourth-order valence-electron chi connectivity index (χ4n) is 4.35. The molecule has 0 atom stereocenters. The van der Waals surface area contributed by atoms with Gasteiger partial charge in [-0.2, -0.15) is 4.98 Å². The molecule has 3 aromatic heterocycles. The number of benzene rings is 1. The number of hydrogen-bond donors (Lipinski definition) is 2.